The van der Waals surface area contributed by atoms with Crippen LogP contribution in [-0.4, -0.2) is 36.6 Å². The zero-order chi connectivity index (χ0) is 17.8. The molecule has 0 radical (unpaired) electrons. The average molecular weight is 356 g/mol. The molecule has 0 aliphatic heterocycles. The molecule has 7 nitrogen and oxygen atoms in total. The second-order valence-corrected chi connectivity index (χ2v) is 6.49. The molecule has 0 saturated carbocycles. The van der Waals surface area contributed by atoms with Gasteiger partial charge in [0.2, 0.25) is 11.1 Å². The van der Waals surface area contributed by atoms with E-state index in [2.05, 4.69) is 25.6 Å². The number of carbonyl (C=O) groups is 1. The molecule has 25 heavy (non-hydrogen) atoms. The van der Waals surface area contributed by atoms with E-state index in [1.165, 1.54) is 11.8 Å². The summed E-state index contributed by atoms with van der Waals surface area (Å²) < 4.78 is 1.83. The molecule has 130 valence electrons. The van der Waals surface area contributed by atoms with E-state index in [-0.39, 0.29) is 11.7 Å². The second kappa shape index (κ2) is 7.52. The fourth-order valence-electron chi connectivity index (χ4n) is 2.45. The third-order valence-electron chi connectivity index (χ3n) is 3.73. The molecule has 0 fully saturated rings. The van der Waals surface area contributed by atoms with Gasteiger partial charge >= 0.3 is 0 Å². The molecule has 0 saturated heterocycles. The summed E-state index contributed by atoms with van der Waals surface area (Å²) in [5.74, 6) is 0.960. The first-order chi connectivity index (χ1) is 12.1. The van der Waals surface area contributed by atoms with Crippen molar-refractivity contribution in [2.24, 2.45) is 0 Å². The minimum absolute atomic E-state index is 0.105. The monoisotopic (exact) mass is 356 g/mol. The quantitative estimate of drug-likeness (QED) is 0.663. The van der Waals surface area contributed by atoms with Crippen LogP contribution in [0.5, 0.6) is 0 Å². The van der Waals surface area contributed by atoms with Crippen molar-refractivity contribution in [3.63, 3.8) is 0 Å². The van der Waals surface area contributed by atoms with Crippen LogP contribution in [0.4, 0.5) is 5.69 Å². The normalized spacial score (nSPS) is 10.8. The van der Waals surface area contributed by atoms with E-state index in [0.717, 1.165) is 35.0 Å². The second-order valence-electron chi connectivity index (χ2n) is 5.55. The van der Waals surface area contributed by atoms with Gasteiger partial charge in [0, 0.05) is 6.42 Å². The smallest absolute Gasteiger partial charge is 0.234 e. The van der Waals surface area contributed by atoms with Gasteiger partial charge in [0.15, 0.2) is 0 Å². The number of carbonyl (C=O) groups excluding carboxylic acids is 1. The number of nitrogens with one attached hydrogen (secondary N) is 2. The van der Waals surface area contributed by atoms with Crippen LogP contribution < -0.4 is 5.32 Å². The molecule has 0 aliphatic rings. The molecule has 2 N–H and O–H groups in total. The average Bonchev–Trinajstić information content (AvgIpc) is 3.20. The maximum absolute atomic E-state index is 12.3. The number of hydrogen-bond donors (Lipinski definition) is 2. The molecule has 2 heterocycles. The number of aromatic amines is 1. The summed E-state index contributed by atoms with van der Waals surface area (Å²) in [5, 5.41) is 15.0. The number of hydrogen-bond acceptors (Lipinski definition) is 5. The van der Waals surface area contributed by atoms with Gasteiger partial charge in [-0.2, -0.15) is 5.10 Å². The van der Waals surface area contributed by atoms with Crippen molar-refractivity contribution in [2.75, 3.05) is 11.1 Å². The van der Waals surface area contributed by atoms with Crippen LogP contribution >= 0.6 is 11.8 Å². The molecule has 3 rings (SSSR count). The van der Waals surface area contributed by atoms with E-state index in [1.54, 1.807) is 0 Å². The first-order valence-corrected chi connectivity index (χ1v) is 9.02. The Morgan fingerprint density at radius 3 is 2.72 bits per heavy atom. The lowest BCUT2D eigenvalue weighted by Crippen LogP contribution is -2.15. The minimum Gasteiger partial charge on any atom is -0.322 e. The van der Waals surface area contributed by atoms with Gasteiger partial charge in [0.1, 0.15) is 5.82 Å². The van der Waals surface area contributed by atoms with Gasteiger partial charge in [-0.1, -0.05) is 36.9 Å². The number of aryl methyl sites for hydroxylation is 2. The van der Waals surface area contributed by atoms with Crippen molar-refractivity contribution >= 4 is 23.4 Å². The maximum Gasteiger partial charge on any atom is 0.234 e. The predicted octanol–water partition coefficient (Wildman–Crippen LogP) is 2.90. The molecule has 1 aromatic carbocycles. The number of H-pyrrole nitrogens is 1. The van der Waals surface area contributed by atoms with Gasteiger partial charge in [-0.3, -0.25) is 9.89 Å². The topological polar surface area (TPSA) is 88.5 Å². The van der Waals surface area contributed by atoms with Crippen LogP contribution in [0, 0.1) is 13.8 Å². The predicted molar refractivity (Wildman–Crippen MR) is 98.2 cm³/mol. The molecular formula is C17H20N6OS. The van der Waals surface area contributed by atoms with Gasteiger partial charge in [0.25, 0.3) is 0 Å². The van der Waals surface area contributed by atoms with Gasteiger partial charge in [-0.05, 0) is 26.0 Å². The summed E-state index contributed by atoms with van der Waals surface area (Å²) in [6.07, 6.45) is 0.789. The summed E-state index contributed by atoms with van der Waals surface area (Å²) in [4.78, 5) is 16.6. The Labute approximate surface area is 150 Å². The van der Waals surface area contributed by atoms with Crippen LogP contribution in [0.1, 0.15) is 24.1 Å². The molecule has 2 aromatic heterocycles. The Hall–Kier alpha value is -2.61. The summed E-state index contributed by atoms with van der Waals surface area (Å²) in [5.41, 5.74) is 3.39. The van der Waals surface area contributed by atoms with E-state index < -0.39 is 0 Å². The van der Waals surface area contributed by atoms with Crippen molar-refractivity contribution in [1.29, 1.82) is 0 Å². The lowest BCUT2D eigenvalue weighted by Gasteiger charge is -2.06. The Bertz CT molecular complexity index is 871. The van der Waals surface area contributed by atoms with E-state index in [4.69, 9.17) is 0 Å². The summed E-state index contributed by atoms with van der Waals surface area (Å²) in [6, 6.07) is 9.84. The SMILES string of the molecule is CCc1nc(SCC(=O)Nc2c(C)nn(-c3ccccc3)c2C)n[nH]1. The number of aromatic nitrogens is 5. The zero-order valence-electron chi connectivity index (χ0n) is 14.4. The molecule has 0 unspecified atom stereocenters. The van der Waals surface area contributed by atoms with Gasteiger partial charge in [-0.15, -0.1) is 5.10 Å². The molecule has 0 aliphatic carbocycles. The molecular weight excluding hydrogens is 336 g/mol. The van der Waals surface area contributed by atoms with Crippen molar-refractivity contribution in [2.45, 2.75) is 32.3 Å². The highest BCUT2D eigenvalue weighted by Crippen LogP contribution is 2.23. The van der Waals surface area contributed by atoms with Crippen LogP contribution in [0.25, 0.3) is 5.69 Å². The lowest BCUT2D eigenvalue weighted by atomic mass is 10.3. The number of anilines is 1. The standard InChI is InChI=1S/C17H20N6OS/c1-4-14-18-17(21-20-14)25-10-15(24)19-16-11(2)22-23(12(16)3)13-8-6-5-7-9-13/h5-9H,4,10H2,1-3H3,(H,19,24)(H,18,20,21). The van der Waals surface area contributed by atoms with Gasteiger partial charge in [0.05, 0.1) is 28.5 Å². The highest BCUT2D eigenvalue weighted by molar-refractivity contribution is 7.99. The molecule has 8 heteroatoms. The van der Waals surface area contributed by atoms with Gasteiger partial charge in [-0.25, -0.2) is 9.67 Å². The van der Waals surface area contributed by atoms with E-state index in [9.17, 15) is 4.79 Å². The Morgan fingerprint density at radius 2 is 2.04 bits per heavy atom. The number of amides is 1. The number of nitrogens with zero attached hydrogens (tertiary/aromatic N) is 4. The minimum atomic E-state index is -0.105. The Balaban J connectivity index is 1.68. The fourth-order valence-corrected chi connectivity index (χ4v) is 3.07. The molecule has 0 spiro atoms. The number of thioether (sulfide) groups is 1. The fraction of sp³-hybridized carbons (Fsp3) is 0.294. The van der Waals surface area contributed by atoms with Crippen molar-refractivity contribution in [3.8, 4) is 5.69 Å². The highest BCUT2D eigenvalue weighted by atomic mass is 32.2. The van der Waals surface area contributed by atoms with Crippen LogP contribution in [0.15, 0.2) is 35.5 Å². The van der Waals surface area contributed by atoms with E-state index in [0.29, 0.717) is 5.16 Å². The third kappa shape index (κ3) is 3.90. The van der Waals surface area contributed by atoms with Crippen LogP contribution in [-0.2, 0) is 11.2 Å². The molecule has 0 atom stereocenters. The van der Waals surface area contributed by atoms with Crippen molar-refractivity contribution in [1.82, 2.24) is 25.0 Å². The summed E-state index contributed by atoms with van der Waals surface area (Å²) in [6.45, 7) is 5.83. The number of rotatable bonds is 6. The first-order valence-electron chi connectivity index (χ1n) is 8.04. The molecule has 3 aromatic rings. The number of benzene rings is 1. The lowest BCUT2D eigenvalue weighted by molar-refractivity contribution is -0.113. The largest absolute Gasteiger partial charge is 0.322 e. The Morgan fingerprint density at radius 1 is 1.28 bits per heavy atom. The third-order valence-corrected chi connectivity index (χ3v) is 4.58. The van der Waals surface area contributed by atoms with Crippen LogP contribution in [0.3, 0.4) is 0 Å². The zero-order valence-corrected chi connectivity index (χ0v) is 15.2. The number of para-hydroxylation sites is 1. The van der Waals surface area contributed by atoms with Crippen LogP contribution in [0.2, 0.25) is 0 Å². The van der Waals surface area contributed by atoms with Gasteiger partial charge < -0.3 is 5.32 Å². The summed E-state index contributed by atoms with van der Waals surface area (Å²) >= 11 is 1.31. The van der Waals surface area contributed by atoms with E-state index >= 15 is 0 Å². The van der Waals surface area contributed by atoms with E-state index in [1.807, 2.05) is 55.8 Å². The molecule has 0 bridgehead atoms. The first kappa shape index (κ1) is 17.2. The Kier molecular flexibility index (Phi) is 5.18. The highest BCUT2D eigenvalue weighted by Gasteiger charge is 2.15. The maximum atomic E-state index is 12.3. The van der Waals surface area contributed by atoms with Crippen molar-refractivity contribution < 1.29 is 4.79 Å². The van der Waals surface area contributed by atoms with Crippen molar-refractivity contribution in [3.05, 3.63) is 47.5 Å². The summed E-state index contributed by atoms with van der Waals surface area (Å²) in [7, 11) is 0. The molecule has 1 amide bonds.